The second-order valence-corrected chi connectivity index (χ2v) is 26.8. The van der Waals surface area contributed by atoms with E-state index >= 15 is 0 Å². The lowest BCUT2D eigenvalue weighted by Crippen LogP contribution is -1.96. The number of nitrogens with zero attached hydrogens (tertiary/aromatic N) is 7. The molecule has 0 fully saturated rings. The van der Waals surface area contributed by atoms with Crippen LogP contribution in [-0.2, 0) is 0 Å². The number of hydrogen-bond acceptors (Lipinski definition) is 9. The molecule has 7 heterocycles. The maximum absolute atomic E-state index is 5.48. The zero-order valence-electron chi connectivity index (χ0n) is 50.1. The molecule has 0 bridgehead atoms. The molecular weight excluding hydrogens is 1200 g/mol. The van der Waals surface area contributed by atoms with Gasteiger partial charge in [0.1, 0.15) is 9.66 Å². The third kappa shape index (κ3) is 9.13. The lowest BCUT2D eigenvalue weighted by molar-refractivity contribution is 1.18. The first-order chi connectivity index (χ1) is 46.5. The van der Waals surface area contributed by atoms with Crippen LogP contribution in [0.4, 0.5) is 0 Å². The monoisotopic (exact) mass is 1250 g/mol. The third-order valence-corrected chi connectivity index (χ3v) is 21.4. The highest BCUT2D eigenvalue weighted by Crippen LogP contribution is 2.45. The number of aromatic nitrogens is 7. The second-order valence-electron chi connectivity index (χ2n) is 23.7. The van der Waals surface area contributed by atoms with E-state index < -0.39 is 0 Å². The second kappa shape index (κ2) is 22.0. The minimum absolute atomic E-state index is 0.672. The molecule has 0 saturated carbocycles. The van der Waals surface area contributed by atoms with Gasteiger partial charge in [0.25, 0.3) is 0 Å². The zero-order chi connectivity index (χ0) is 61.8. The number of thiophene rings is 3. The molecule has 0 aliphatic rings. The fourth-order valence-electron chi connectivity index (χ4n) is 13.6. The Morgan fingerprint density at radius 3 is 1.09 bits per heavy atom. The van der Waals surface area contributed by atoms with Crippen LogP contribution in [0.25, 0.3) is 190 Å². The molecule has 0 aliphatic carbocycles. The summed E-state index contributed by atoms with van der Waals surface area (Å²) in [6.07, 6.45) is 0. The van der Waals surface area contributed by atoms with Crippen molar-refractivity contribution in [3.63, 3.8) is 0 Å². The number of hydrogen-bond donors (Lipinski definition) is 0. The number of fused-ring (bicyclic) bond motifs is 12. The number of benzene rings is 12. The summed E-state index contributed by atoms with van der Waals surface area (Å²) < 4.78 is 6.95. The summed E-state index contributed by atoms with van der Waals surface area (Å²) in [6.45, 7) is 0. The molecule has 19 rings (SSSR count). The lowest BCUT2D eigenvalue weighted by atomic mass is 9.98. The van der Waals surface area contributed by atoms with Crippen LogP contribution in [0.5, 0.6) is 0 Å². The van der Waals surface area contributed by atoms with Gasteiger partial charge >= 0.3 is 0 Å². The van der Waals surface area contributed by atoms with Gasteiger partial charge in [0.05, 0.1) is 38.3 Å². The van der Waals surface area contributed by atoms with Gasteiger partial charge in [0, 0.05) is 90.9 Å². The van der Waals surface area contributed by atoms with Crippen LogP contribution in [0.2, 0.25) is 0 Å². The van der Waals surface area contributed by atoms with Gasteiger partial charge in [-0.3, -0.25) is 0 Å². The predicted molar refractivity (Wildman–Crippen MR) is 395 cm³/mol. The maximum atomic E-state index is 5.48. The van der Waals surface area contributed by atoms with Gasteiger partial charge in [-0.15, -0.1) is 34.0 Å². The van der Waals surface area contributed by atoms with Gasteiger partial charge in [-0.05, 0) is 94.0 Å². The van der Waals surface area contributed by atoms with Crippen LogP contribution in [0, 0.1) is 0 Å². The molecule has 7 nitrogen and oxygen atoms in total. The highest BCUT2D eigenvalue weighted by Gasteiger charge is 2.23. The van der Waals surface area contributed by atoms with E-state index in [4.69, 9.17) is 29.9 Å². The minimum Gasteiger partial charge on any atom is -0.309 e. The smallest absolute Gasteiger partial charge is 0.161 e. The Bertz CT molecular complexity index is 6170. The van der Waals surface area contributed by atoms with E-state index in [1.54, 1.807) is 34.0 Å². The fourth-order valence-corrected chi connectivity index (χ4v) is 16.9. The van der Waals surface area contributed by atoms with Gasteiger partial charge in [-0.1, -0.05) is 237 Å². The molecule has 0 radical (unpaired) electrons. The summed E-state index contributed by atoms with van der Waals surface area (Å²) in [7, 11) is 0. The van der Waals surface area contributed by atoms with Crippen LogP contribution in [0.1, 0.15) is 0 Å². The van der Waals surface area contributed by atoms with Gasteiger partial charge in [-0.2, -0.15) is 0 Å². The molecule has 7 aromatic heterocycles. The van der Waals surface area contributed by atoms with Crippen molar-refractivity contribution >= 4 is 117 Å². The van der Waals surface area contributed by atoms with Crippen molar-refractivity contribution < 1.29 is 0 Å². The SMILES string of the molecule is c1ccc(-c2cccc(-c3nc(-c4ccc(-c5nc(-c6cccc(-c7ccc(-c8cccc(-c9nc(-c%10ccc(-n%11c%12ccccc%12c%12ccccc%12%11)cc%10)c%10c(n9)sc9ccccc9%10)c8)cc7)c6)nc6c5sc5ccccc56)cc4)c4c(n3)sc3ccccc34)c2)cc1. The first-order valence-electron chi connectivity index (χ1n) is 31.3. The number of para-hydroxylation sites is 2. The average Bonchev–Trinajstić information content (AvgIpc) is 1.56. The third-order valence-electron chi connectivity index (χ3n) is 18.1. The van der Waals surface area contributed by atoms with E-state index in [1.807, 2.05) is 6.07 Å². The maximum Gasteiger partial charge on any atom is 0.161 e. The van der Waals surface area contributed by atoms with Gasteiger partial charge < -0.3 is 4.57 Å². The lowest BCUT2D eigenvalue weighted by Gasteiger charge is -2.12. The molecule has 0 spiro atoms. The van der Waals surface area contributed by atoms with Crippen molar-refractivity contribution in [1.29, 1.82) is 0 Å². The molecule has 12 aromatic carbocycles. The van der Waals surface area contributed by atoms with E-state index in [0.29, 0.717) is 17.5 Å². The van der Waals surface area contributed by atoms with Crippen LogP contribution in [0.3, 0.4) is 0 Å². The molecule has 19 aromatic rings. The molecule has 10 heteroatoms. The quantitative estimate of drug-likeness (QED) is 0.136. The molecule has 0 aliphatic heterocycles. The Morgan fingerprint density at radius 2 is 0.585 bits per heavy atom. The van der Waals surface area contributed by atoms with Crippen LogP contribution in [0.15, 0.2) is 297 Å². The zero-order valence-corrected chi connectivity index (χ0v) is 52.6. The molecule has 94 heavy (non-hydrogen) atoms. The van der Waals surface area contributed by atoms with Crippen LogP contribution >= 0.6 is 34.0 Å². The first kappa shape index (κ1) is 54.1. The Balaban J connectivity index is 0.647. The topological polar surface area (TPSA) is 82.3 Å². The molecule has 0 atom stereocenters. The Labute approximate surface area is 551 Å². The van der Waals surface area contributed by atoms with Crippen molar-refractivity contribution in [3.05, 3.63) is 297 Å². The minimum atomic E-state index is 0.672. The van der Waals surface area contributed by atoms with Gasteiger partial charge in [-0.25, -0.2) is 29.9 Å². The molecule has 0 N–H and O–H groups in total. The summed E-state index contributed by atoms with van der Waals surface area (Å²) in [5.41, 5.74) is 19.7. The molecule has 0 unspecified atom stereocenters. The molecule has 438 valence electrons. The Kier molecular flexibility index (Phi) is 12.7. The first-order valence-corrected chi connectivity index (χ1v) is 33.8. The summed E-state index contributed by atoms with van der Waals surface area (Å²) >= 11 is 5.17. The summed E-state index contributed by atoms with van der Waals surface area (Å²) in [5, 5.41) is 8.06. The van der Waals surface area contributed by atoms with Crippen molar-refractivity contribution in [2.75, 3.05) is 0 Å². The van der Waals surface area contributed by atoms with Crippen LogP contribution in [-0.4, -0.2) is 34.5 Å². The van der Waals surface area contributed by atoms with Crippen molar-refractivity contribution in [2.45, 2.75) is 0 Å². The fraction of sp³-hybridized carbons (Fsp3) is 0. The van der Waals surface area contributed by atoms with Crippen molar-refractivity contribution in [2.24, 2.45) is 0 Å². The van der Waals surface area contributed by atoms with Crippen molar-refractivity contribution in [1.82, 2.24) is 34.5 Å². The Morgan fingerprint density at radius 1 is 0.234 bits per heavy atom. The van der Waals surface area contributed by atoms with Gasteiger partial charge in [0.15, 0.2) is 17.5 Å². The largest absolute Gasteiger partial charge is 0.309 e. The Hall–Kier alpha value is -11.7. The summed E-state index contributed by atoms with van der Waals surface area (Å²) in [5.74, 6) is 2.06. The molecule has 0 amide bonds. The van der Waals surface area contributed by atoms with Gasteiger partial charge in [0.2, 0.25) is 0 Å². The van der Waals surface area contributed by atoms with Crippen LogP contribution < -0.4 is 0 Å². The summed E-state index contributed by atoms with van der Waals surface area (Å²) in [4.78, 5) is 34.2. The number of rotatable bonds is 10. The molecular formula is C84H49N7S3. The van der Waals surface area contributed by atoms with E-state index in [1.165, 1.54) is 35.9 Å². The standard InChI is InChI=1S/C84H49N7S3/c1-2-17-50(18-3-1)56-19-14-23-60(47-56)81-85-75(73-65-27-6-11-32-70(65)93-83(73)89-81)53-39-41-55(42-40-53)77-79-78(67-29-8-13-34-72(67)92-79)88-80(87-77)59-22-15-20-57(48-59)51-35-37-52(38-36-51)58-21-16-24-61(49-58)82-86-76(74-66-28-7-12-33-71(66)94-84(74)90-82)54-43-45-62(46-44-54)91-68-30-9-4-25-63(68)64-26-5-10-31-69(64)91/h1-49H. The van der Waals surface area contributed by atoms with E-state index in [-0.39, 0.29) is 0 Å². The highest BCUT2D eigenvalue weighted by atomic mass is 32.1. The van der Waals surface area contributed by atoms with Crippen molar-refractivity contribution in [3.8, 4) is 107 Å². The van der Waals surface area contributed by atoms with E-state index in [2.05, 4.69) is 296 Å². The normalized spacial score (nSPS) is 11.8. The molecule has 0 saturated heterocycles. The highest BCUT2D eigenvalue weighted by molar-refractivity contribution is 7.26. The van der Waals surface area contributed by atoms with E-state index in [9.17, 15) is 0 Å². The average molecular weight is 1250 g/mol. The van der Waals surface area contributed by atoms with E-state index in [0.717, 1.165) is 136 Å². The summed E-state index contributed by atoms with van der Waals surface area (Å²) in [6, 6.07) is 106. The predicted octanol–water partition coefficient (Wildman–Crippen LogP) is 23.3.